The molecule has 2 N–H and O–H groups in total. The number of aromatic carboxylic acids is 1. The van der Waals surface area contributed by atoms with Gasteiger partial charge in [0.15, 0.2) is 0 Å². The number of rotatable bonds is 10. The first kappa shape index (κ1) is 24.9. The summed E-state index contributed by atoms with van der Waals surface area (Å²) in [6.45, 7) is 0. The van der Waals surface area contributed by atoms with Crippen molar-refractivity contribution in [1.82, 2.24) is 0 Å². The number of anilines is 1. The zero-order valence-electron chi connectivity index (χ0n) is 19.4. The Balaban J connectivity index is 1.42. The molecule has 0 fully saturated rings. The molecule has 180 valence electrons. The first-order valence-electron chi connectivity index (χ1n) is 11.5. The van der Waals surface area contributed by atoms with E-state index in [2.05, 4.69) is 35.6 Å². The minimum atomic E-state index is -0.939. The van der Waals surface area contributed by atoms with E-state index in [9.17, 15) is 4.79 Å². The van der Waals surface area contributed by atoms with Crippen LogP contribution in [0.2, 0.25) is 10.0 Å². The fraction of sp³-hybridized carbons (Fsp3) is 0.207. The number of unbranched alkanes of at least 4 members (excludes halogenated alkanes) is 1. The average Bonchev–Trinajstić information content (AvgIpc) is 2.87. The third-order valence-electron chi connectivity index (χ3n) is 6.14. The number of halogens is 2. The van der Waals surface area contributed by atoms with Gasteiger partial charge >= 0.3 is 5.97 Å². The quantitative estimate of drug-likeness (QED) is 0.211. The van der Waals surface area contributed by atoms with Crippen molar-refractivity contribution in [3.8, 4) is 5.75 Å². The highest BCUT2D eigenvalue weighted by atomic mass is 35.5. The zero-order valence-corrected chi connectivity index (χ0v) is 20.9. The van der Waals surface area contributed by atoms with Crippen molar-refractivity contribution in [1.29, 1.82) is 0 Å². The Morgan fingerprint density at radius 2 is 1.63 bits per heavy atom. The van der Waals surface area contributed by atoms with Crippen LogP contribution in [0.4, 0.5) is 5.69 Å². The molecule has 0 aromatic heterocycles. The number of ether oxygens (including phenoxy) is 1. The normalized spacial score (nSPS) is 11.9. The van der Waals surface area contributed by atoms with E-state index in [0.717, 1.165) is 42.7 Å². The second-order valence-electron chi connectivity index (χ2n) is 8.55. The van der Waals surface area contributed by atoms with Gasteiger partial charge in [0, 0.05) is 5.69 Å². The van der Waals surface area contributed by atoms with Crippen LogP contribution in [0.25, 0.3) is 10.8 Å². The lowest BCUT2D eigenvalue weighted by Crippen LogP contribution is -2.11. The summed E-state index contributed by atoms with van der Waals surface area (Å²) in [6, 6.07) is 25.2. The minimum Gasteiger partial charge on any atom is -0.497 e. The summed E-state index contributed by atoms with van der Waals surface area (Å²) in [4.78, 5) is 11.2. The summed E-state index contributed by atoms with van der Waals surface area (Å²) >= 11 is 12.4. The maximum Gasteiger partial charge on any atom is 0.335 e. The van der Waals surface area contributed by atoms with Crippen molar-refractivity contribution < 1.29 is 14.6 Å². The number of benzene rings is 4. The van der Waals surface area contributed by atoms with Crippen LogP contribution in [0.1, 0.15) is 46.8 Å². The van der Waals surface area contributed by atoms with E-state index in [-0.39, 0.29) is 11.6 Å². The van der Waals surface area contributed by atoms with Crippen LogP contribution in [0.5, 0.6) is 5.75 Å². The number of aryl methyl sites for hydroxylation is 1. The number of hydrogen-bond donors (Lipinski definition) is 2. The summed E-state index contributed by atoms with van der Waals surface area (Å²) in [7, 11) is 1.68. The van der Waals surface area contributed by atoms with Crippen LogP contribution in [0, 0.1) is 0 Å². The van der Waals surface area contributed by atoms with Crippen molar-refractivity contribution in [3.63, 3.8) is 0 Å². The van der Waals surface area contributed by atoms with Gasteiger partial charge in [-0.25, -0.2) is 4.79 Å². The molecule has 4 rings (SSSR count). The number of methoxy groups -OCH3 is 1. The molecule has 0 spiro atoms. The van der Waals surface area contributed by atoms with Crippen LogP contribution in [0.3, 0.4) is 0 Å². The Kier molecular flexibility index (Phi) is 8.17. The maximum atomic E-state index is 11.2. The summed E-state index contributed by atoms with van der Waals surface area (Å²) in [5.41, 5.74) is 3.47. The molecule has 4 aromatic carbocycles. The van der Waals surface area contributed by atoms with E-state index in [1.807, 2.05) is 24.3 Å². The largest absolute Gasteiger partial charge is 0.497 e. The van der Waals surface area contributed by atoms with Gasteiger partial charge in [0.1, 0.15) is 5.75 Å². The number of hydrogen-bond acceptors (Lipinski definition) is 3. The van der Waals surface area contributed by atoms with Gasteiger partial charge in [-0.1, -0.05) is 60.0 Å². The first-order chi connectivity index (χ1) is 16.9. The van der Waals surface area contributed by atoms with E-state index >= 15 is 0 Å². The molecule has 0 saturated heterocycles. The van der Waals surface area contributed by atoms with E-state index in [4.69, 9.17) is 33.0 Å². The molecule has 0 aliphatic rings. The lowest BCUT2D eigenvalue weighted by molar-refractivity contribution is 0.0697. The predicted molar refractivity (Wildman–Crippen MR) is 144 cm³/mol. The van der Waals surface area contributed by atoms with Gasteiger partial charge in [-0.3, -0.25) is 0 Å². The van der Waals surface area contributed by atoms with Gasteiger partial charge in [-0.2, -0.15) is 0 Å². The number of nitrogens with one attached hydrogen (secondary N) is 1. The molecule has 0 aliphatic heterocycles. The SMILES string of the molecule is COc1ccc2cc(CCCCC(Nc3ccc(C(=O)O)cc3)c3ccc(Cl)c(Cl)c3)ccc2c1. The number of fused-ring (bicyclic) bond motifs is 1. The Labute approximate surface area is 215 Å². The van der Waals surface area contributed by atoms with Crippen LogP contribution in [0.15, 0.2) is 78.9 Å². The second kappa shape index (κ2) is 11.5. The van der Waals surface area contributed by atoms with Crippen molar-refractivity contribution in [3.05, 3.63) is 106 Å². The van der Waals surface area contributed by atoms with Crippen LogP contribution < -0.4 is 10.1 Å². The lowest BCUT2D eigenvalue weighted by Gasteiger charge is -2.21. The standard InChI is InChI=1S/C29H27Cl2NO3/c1-35-25-14-10-21-16-19(6-7-22(21)17-25)4-2-3-5-28(23-11-15-26(30)27(31)18-23)32-24-12-8-20(9-13-24)29(33)34/h6-18,28,32H,2-5H2,1H3,(H,33,34). The first-order valence-corrected chi connectivity index (χ1v) is 12.3. The topological polar surface area (TPSA) is 58.6 Å². The molecule has 0 bridgehead atoms. The van der Waals surface area contributed by atoms with Gasteiger partial charge in [-0.05, 0) is 89.7 Å². The molecule has 4 aromatic rings. The highest BCUT2D eigenvalue weighted by Crippen LogP contribution is 2.31. The Morgan fingerprint density at radius 3 is 2.34 bits per heavy atom. The number of carbonyl (C=O) groups is 1. The summed E-state index contributed by atoms with van der Waals surface area (Å²) in [5, 5.41) is 16.1. The average molecular weight is 508 g/mol. The fourth-order valence-electron chi connectivity index (χ4n) is 4.19. The Bertz CT molecular complexity index is 1320. The molecule has 35 heavy (non-hydrogen) atoms. The van der Waals surface area contributed by atoms with Crippen LogP contribution in [-0.4, -0.2) is 18.2 Å². The van der Waals surface area contributed by atoms with Crippen LogP contribution in [-0.2, 0) is 6.42 Å². The minimum absolute atomic E-state index is 0.0181. The molecular formula is C29H27Cl2NO3. The van der Waals surface area contributed by atoms with Gasteiger partial charge < -0.3 is 15.2 Å². The third kappa shape index (κ3) is 6.47. The van der Waals surface area contributed by atoms with Crippen molar-refractivity contribution in [2.24, 2.45) is 0 Å². The summed E-state index contributed by atoms with van der Waals surface area (Å²) < 4.78 is 5.32. The predicted octanol–water partition coefficient (Wildman–Crippen LogP) is 8.42. The molecule has 0 saturated carbocycles. The smallest absolute Gasteiger partial charge is 0.335 e. The zero-order chi connectivity index (χ0) is 24.8. The molecule has 0 aliphatic carbocycles. The lowest BCUT2D eigenvalue weighted by atomic mass is 9.97. The highest BCUT2D eigenvalue weighted by molar-refractivity contribution is 6.42. The number of carboxylic acid groups (broad SMARTS) is 1. The second-order valence-corrected chi connectivity index (χ2v) is 9.36. The molecule has 4 nitrogen and oxygen atoms in total. The van der Waals surface area contributed by atoms with Crippen LogP contribution >= 0.6 is 23.2 Å². The van der Waals surface area contributed by atoms with E-state index in [1.165, 1.54) is 16.3 Å². The van der Waals surface area contributed by atoms with Gasteiger partial charge in [0.2, 0.25) is 0 Å². The Hall–Kier alpha value is -3.21. The monoisotopic (exact) mass is 507 g/mol. The van der Waals surface area contributed by atoms with E-state index < -0.39 is 5.97 Å². The van der Waals surface area contributed by atoms with Crippen molar-refractivity contribution in [2.75, 3.05) is 12.4 Å². The third-order valence-corrected chi connectivity index (χ3v) is 6.88. The molecule has 0 radical (unpaired) electrons. The molecule has 1 unspecified atom stereocenters. The van der Waals surface area contributed by atoms with Crippen molar-refractivity contribution in [2.45, 2.75) is 31.7 Å². The number of carboxylic acids is 1. The molecular weight excluding hydrogens is 481 g/mol. The van der Waals surface area contributed by atoms with Crippen molar-refractivity contribution >= 4 is 45.6 Å². The maximum absolute atomic E-state index is 11.2. The Morgan fingerprint density at radius 1 is 0.886 bits per heavy atom. The fourth-order valence-corrected chi connectivity index (χ4v) is 4.50. The highest BCUT2D eigenvalue weighted by Gasteiger charge is 2.14. The molecule has 0 amide bonds. The molecule has 6 heteroatoms. The summed E-state index contributed by atoms with van der Waals surface area (Å²) in [5.74, 6) is -0.0749. The van der Waals surface area contributed by atoms with Gasteiger partial charge in [0.05, 0.1) is 28.8 Å². The van der Waals surface area contributed by atoms with E-state index in [1.54, 1.807) is 31.4 Å². The van der Waals surface area contributed by atoms with Gasteiger partial charge in [-0.15, -0.1) is 0 Å². The summed E-state index contributed by atoms with van der Waals surface area (Å²) in [6.07, 6.45) is 3.93. The molecule has 1 atom stereocenters. The van der Waals surface area contributed by atoms with Gasteiger partial charge in [0.25, 0.3) is 0 Å². The molecule has 0 heterocycles. The van der Waals surface area contributed by atoms with E-state index in [0.29, 0.717) is 10.0 Å².